The normalized spacial score (nSPS) is 14.3. The summed E-state index contributed by atoms with van der Waals surface area (Å²) >= 11 is 8.89. The van der Waals surface area contributed by atoms with E-state index >= 15 is 0 Å². The van der Waals surface area contributed by atoms with Crippen molar-refractivity contribution in [1.82, 2.24) is 5.32 Å². The third-order valence-electron chi connectivity index (χ3n) is 2.27. The van der Waals surface area contributed by atoms with Crippen LogP contribution in [0.2, 0.25) is 0 Å². The molecule has 0 aromatic carbocycles. The first-order chi connectivity index (χ1) is 6.86. The lowest BCUT2D eigenvalue weighted by Gasteiger charge is -2.31. The van der Waals surface area contributed by atoms with Gasteiger partial charge in [-0.1, -0.05) is 27.7 Å². The molecule has 0 spiro atoms. The molecule has 0 fully saturated rings. The van der Waals surface area contributed by atoms with E-state index in [-0.39, 0.29) is 5.41 Å². The van der Waals surface area contributed by atoms with Gasteiger partial charge in [-0.3, -0.25) is 0 Å². The molecule has 1 nitrogen and oxygen atoms in total. The smallest absolute Gasteiger partial charge is 0.0758 e. The number of hydrogen-bond acceptors (Lipinski definition) is 2. The molecule has 1 aromatic rings. The monoisotopic (exact) mass is 353 g/mol. The molecule has 0 bridgehead atoms. The summed E-state index contributed by atoms with van der Waals surface area (Å²) in [6.07, 6.45) is 0. The SMILES string of the molecule is CCNC(c1cc(Br)sc1Br)C(C)(C)C. The minimum Gasteiger partial charge on any atom is -0.310 e. The molecule has 0 aliphatic carbocycles. The van der Waals surface area contributed by atoms with Crippen molar-refractivity contribution >= 4 is 43.2 Å². The van der Waals surface area contributed by atoms with Crippen molar-refractivity contribution in [3.63, 3.8) is 0 Å². The van der Waals surface area contributed by atoms with Crippen molar-refractivity contribution < 1.29 is 0 Å². The zero-order valence-electron chi connectivity index (χ0n) is 9.53. The molecule has 15 heavy (non-hydrogen) atoms. The quantitative estimate of drug-likeness (QED) is 0.807. The van der Waals surface area contributed by atoms with Crippen LogP contribution in [-0.4, -0.2) is 6.54 Å². The summed E-state index contributed by atoms with van der Waals surface area (Å²) in [5.41, 5.74) is 1.57. The molecule has 1 atom stereocenters. The van der Waals surface area contributed by atoms with E-state index < -0.39 is 0 Å². The topological polar surface area (TPSA) is 12.0 Å². The summed E-state index contributed by atoms with van der Waals surface area (Å²) in [6, 6.07) is 2.59. The highest BCUT2D eigenvalue weighted by Gasteiger charge is 2.28. The van der Waals surface area contributed by atoms with Crippen molar-refractivity contribution in [1.29, 1.82) is 0 Å². The first-order valence-electron chi connectivity index (χ1n) is 5.04. The minimum atomic E-state index is 0.221. The summed E-state index contributed by atoms with van der Waals surface area (Å²) in [5, 5.41) is 3.55. The van der Waals surface area contributed by atoms with Gasteiger partial charge in [-0.15, -0.1) is 11.3 Å². The average molecular weight is 355 g/mol. The van der Waals surface area contributed by atoms with E-state index in [1.54, 1.807) is 11.3 Å². The second-order valence-electron chi connectivity index (χ2n) is 4.64. The molecule has 0 aliphatic heterocycles. The summed E-state index contributed by atoms with van der Waals surface area (Å²) < 4.78 is 2.40. The van der Waals surface area contributed by atoms with E-state index in [9.17, 15) is 0 Å². The van der Waals surface area contributed by atoms with Gasteiger partial charge in [0, 0.05) is 6.04 Å². The lowest BCUT2D eigenvalue weighted by molar-refractivity contribution is 0.276. The molecule has 1 heterocycles. The number of thiophene rings is 1. The van der Waals surface area contributed by atoms with E-state index in [1.807, 2.05) is 0 Å². The van der Waals surface area contributed by atoms with Crippen LogP contribution in [0.25, 0.3) is 0 Å². The van der Waals surface area contributed by atoms with E-state index in [4.69, 9.17) is 0 Å². The van der Waals surface area contributed by atoms with Crippen molar-refractivity contribution in [2.75, 3.05) is 6.54 Å². The molecule has 4 heteroatoms. The molecular weight excluding hydrogens is 338 g/mol. The summed E-state index contributed by atoms with van der Waals surface area (Å²) in [7, 11) is 0. The maximum absolute atomic E-state index is 3.63. The predicted molar refractivity (Wildman–Crippen MR) is 75.6 cm³/mol. The van der Waals surface area contributed by atoms with E-state index in [0.717, 1.165) is 6.54 Å². The van der Waals surface area contributed by atoms with Crippen LogP contribution in [0, 0.1) is 5.41 Å². The highest BCUT2D eigenvalue weighted by molar-refractivity contribution is 9.12. The van der Waals surface area contributed by atoms with Crippen molar-refractivity contribution in [2.45, 2.75) is 33.7 Å². The lowest BCUT2D eigenvalue weighted by Crippen LogP contribution is -2.32. The maximum Gasteiger partial charge on any atom is 0.0758 e. The van der Waals surface area contributed by atoms with Gasteiger partial charge in [-0.25, -0.2) is 0 Å². The van der Waals surface area contributed by atoms with E-state index in [0.29, 0.717) is 6.04 Å². The molecule has 0 saturated carbocycles. The van der Waals surface area contributed by atoms with Gasteiger partial charge in [0.2, 0.25) is 0 Å². The third kappa shape index (κ3) is 3.55. The average Bonchev–Trinajstić information content (AvgIpc) is 2.39. The molecule has 0 saturated heterocycles. The largest absolute Gasteiger partial charge is 0.310 e. The third-order valence-corrected chi connectivity index (χ3v) is 4.65. The molecule has 1 rings (SSSR count). The first kappa shape index (κ1) is 13.7. The van der Waals surface area contributed by atoms with Crippen molar-refractivity contribution in [2.24, 2.45) is 5.41 Å². The highest BCUT2D eigenvalue weighted by Crippen LogP contribution is 2.41. The Morgan fingerprint density at radius 1 is 1.40 bits per heavy atom. The Labute approximate surface area is 113 Å². The molecule has 86 valence electrons. The highest BCUT2D eigenvalue weighted by atomic mass is 79.9. The molecule has 1 unspecified atom stereocenters. The van der Waals surface area contributed by atoms with Crippen LogP contribution in [0.15, 0.2) is 13.6 Å². The fourth-order valence-electron chi connectivity index (χ4n) is 1.64. The van der Waals surface area contributed by atoms with Gasteiger partial charge in [-0.05, 0) is 55.4 Å². The molecule has 0 amide bonds. The Kier molecular flexibility index (Phi) is 4.84. The van der Waals surface area contributed by atoms with Crippen molar-refractivity contribution in [3.05, 3.63) is 19.2 Å². The minimum absolute atomic E-state index is 0.221. The van der Waals surface area contributed by atoms with Gasteiger partial charge < -0.3 is 5.32 Å². The fraction of sp³-hybridized carbons (Fsp3) is 0.636. The Bertz CT molecular complexity index is 328. The van der Waals surface area contributed by atoms with Gasteiger partial charge in [-0.2, -0.15) is 0 Å². The predicted octanol–water partition coefficient (Wildman–Crippen LogP) is 4.97. The van der Waals surface area contributed by atoms with Gasteiger partial charge in [0.15, 0.2) is 0 Å². The molecule has 0 aliphatic rings. The second-order valence-corrected chi connectivity index (χ2v) is 8.39. The van der Waals surface area contributed by atoms with Gasteiger partial charge in [0.05, 0.1) is 7.57 Å². The fourth-order valence-corrected chi connectivity index (χ4v) is 4.54. The molecule has 0 radical (unpaired) electrons. The molecule has 1 N–H and O–H groups in total. The van der Waals surface area contributed by atoms with Crippen molar-refractivity contribution in [3.8, 4) is 0 Å². The zero-order valence-corrected chi connectivity index (χ0v) is 13.5. The number of rotatable bonds is 3. The lowest BCUT2D eigenvalue weighted by atomic mass is 9.83. The number of hydrogen-bond donors (Lipinski definition) is 1. The maximum atomic E-state index is 3.63. The zero-order chi connectivity index (χ0) is 11.6. The van der Waals surface area contributed by atoms with Gasteiger partial charge in [0.1, 0.15) is 0 Å². The number of nitrogens with one attached hydrogen (secondary N) is 1. The van der Waals surface area contributed by atoms with Crippen LogP contribution in [0.1, 0.15) is 39.3 Å². The molecule has 1 aromatic heterocycles. The van der Waals surface area contributed by atoms with Gasteiger partial charge in [0.25, 0.3) is 0 Å². The molecular formula is C11H17Br2NS. The second kappa shape index (κ2) is 5.30. The first-order valence-corrected chi connectivity index (χ1v) is 7.44. The summed E-state index contributed by atoms with van der Waals surface area (Å²) in [6.45, 7) is 9.92. The van der Waals surface area contributed by atoms with E-state index in [1.165, 1.54) is 13.1 Å². The Hall–Kier alpha value is 0.620. The van der Waals surface area contributed by atoms with Crippen LogP contribution in [-0.2, 0) is 0 Å². The standard InChI is InChI=1S/C11H17Br2NS/c1-5-14-9(11(2,3)4)7-6-8(12)15-10(7)13/h6,9,14H,5H2,1-4H3. The Balaban J connectivity index is 3.04. The Morgan fingerprint density at radius 2 is 2.00 bits per heavy atom. The Morgan fingerprint density at radius 3 is 2.33 bits per heavy atom. The number of halogens is 2. The van der Waals surface area contributed by atoms with E-state index in [2.05, 4.69) is 70.9 Å². The van der Waals surface area contributed by atoms with Crippen LogP contribution in [0.4, 0.5) is 0 Å². The van der Waals surface area contributed by atoms with Crippen LogP contribution < -0.4 is 5.32 Å². The van der Waals surface area contributed by atoms with Crippen LogP contribution >= 0.6 is 43.2 Å². The van der Waals surface area contributed by atoms with Crippen LogP contribution in [0.5, 0.6) is 0 Å². The van der Waals surface area contributed by atoms with Gasteiger partial charge >= 0.3 is 0 Å². The summed E-state index contributed by atoms with van der Waals surface area (Å²) in [5.74, 6) is 0. The van der Waals surface area contributed by atoms with Crippen LogP contribution in [0.3, 0.4) is 0 Å². The summed E-state index contributed by atoms with van der Waals surface area (Å²) in [4.78, 5) is 0.